The van der Waals surface area contributed by atoms with Crippen molar-refractivity contribution in [3.8, 4) is 0 Å². The van der Waals surface area contributed by atoms with Gasteiger partial charge >= 0.3 is 12.0 Å². The number of nitrogens with zero attached hydrogens (tertiary/aromatic N) is 1. The fourth-order valence-corrected chi connectivity index (χ4v) is 2.44. The first-order chi connectivity index (χ1) is 9.19. The van der Waals surface area contributed by atoms with Gasteiger partial charge in [0.2, 0.25) is 0 Å². The summed E-state index contributed by atoms with van der Waals surface area (Å²) in [5.74, 6) is -0.765. The van der Waals surface area contributed by atoms with Gasteiger partial charge in [0.15, 0.2) is 0 Å². The van der Waals surface area contributed by atoms with Crippen LogP contribution in [0.4, 0.5) is 4.79 Å². The number of ether oxygens (including phenoxy) is 1. The van der Waals surface area contributed by atoms with Gasteiger partial charge < -0.3 is 20.1 Å². The third kappa shape index (κ3) is 5.77. The van der Waals surface area contributed by atoms with Crippen molar-refractivity contribution in [2.75, 3.05) is 19.7 Å². The van der Waals surface area contributed by atoms with E-state index in [1.54, 1.807) is 0 Å². The van der Waals surface area contributed by atoms with E-state index in [1.165, 1.54) is 4.90 Å². The summed E-state index contributed by atoms with van der Waals surface area (Å²) >= 11 is 0. The second-order valence-corrected chi connectivity index (χ2v) is 6.42. The van der Waals surface area contributed by atoms with Gasteiger partial charge in [-0.05, 0) is 32.6 Å². The summed E-state index contributed by atoms with van der Waals surface area (Å²) < 4.78 is 5.61. The molecule has 20 heavy (non-hydrogen) atoms. The highest BCUT2D eigenvalue weighted by molar-refractivity contribution is 5.80. The molecule has 0 spiro atoms. The monoisotopic (exact) mass is 286 g/mol. The normalized spacial score (nSPS) is 21.6. The number of amides is 2. The molecule has 116 valence electrons. The Kier molecular flexibility index (Phi) is 5.80. The van der Waals surface area contributed by atoms with E-state index in [2.05, 4.69) is 5.32 Å². The van der Waals surface area contributed by atoms with Crippen LogP contribution in [0.25, 0.3) is 0 Å². The molecule has 1 heterocycles. The molecule has 0 aromatic carbocycles. The molecule has 0 aromatic heterocycles. The topological polar surface area (TPSA) is 78.9 Å². The number of urea groups is 1. The van der Waals surface area contributed by atoms with Crippen LogP contribution in [0.1, 0.15) is 40.5 Å². The molecule has 0 aromatic rings. The van der Waals surface area contributed by atoms with Crippen LogP contribution in [0.3, 0.4) is 0 Å². The van der Waals surface area contributed by atoms with Gasteiger partial charge in [-0.15, -0.1) is 0 Å². The fraction of sp³-hybridized carbons (Fsp3) is 0.857. The number of carboxylic acids is 1. The Labute approximate surface area is 120 Å². The number of carboxylic acid groups (broad SMARTS) is 1. The molecule has 1 saturated heterocycles. The SMILES string of the molecule is CC(C)CN(CC(=O)O)C(=O)NC1CCOC(C)(C)C1. The van der Waals surface area contributed by atoms with Gasteiger partial charge in [-0.3, -0.25) is 4.79 Å². The van der Waals surface area contributed by atoms with E-state index in [9.17, 15) is 9.59 Å². The van der Waals surface area contributed by atoms with E-state index in [1.807, 2.05) is 27.7 Å². The minimum Gasteiger partial charge on any atom is -0.480 e. The van der Waals surface area contributed by atoms with Gasteiger partial charge in [0.05, 0.1) is 5.60 Å². The van der Waals surface area contributed by atoms with Crippen molar-refractivity contribution in [3.63, 3.8) is 0 Å². The molecule has 1 rings (SSSR count). The molecule has 0 aliphatic carbocycles. The minimum absolute atomic E-state index is 0.0368. The molecule has 2 N–H and O–H groups in total. The summed E-state index contributed by atoms with van der Waals surface area (Å²) in [6.45, 7) is 8.69. The van der Waals surface area contributed by atoms with Crippen molar-refractivity contribution >= 4 is 12.0 Å². The summed E-state index contributed by atoms with van der Waals surface area (Å²) in [4.78, 5) is 24.4. The van der Waals surface area contributed by atoms with Crippen molar-refractivity contribution in [1.29, 1.82) is 0 Å². The molecule has 1 aliphatic heterocycles. The molecular formula is C14H26N2O4. The maximum atomic E-state index is 12.2. The zero-order valence-electron chi connectivity index (χ0n) is 12.8. The number of hydrogen-bond acceptors (Lipinski definition) is 3. The van der Waals surface area contributed by atoms with Gasteiger partial charge in [-0.2, -0.15) is 0 Å². The van der Waals surface area contributed by atoms with Crippen LogP contribution in [-0.4, -0.2) is 53.3 Å². The highest BCUT2D eigenvalue weighted by Crippen LogP contribution is 2.24. The standard InChI is InChI=1S/C14H26N2O4/c1-10(2)8-16(9-12(17)18)13(19)15-11-5-6-20-14(3,4)7-11/h10-11H,5-9H2,1-4H3,(H,15,19)(H,17,18). The third-order valence-corrected chi connectivity index (χ3v) is 3.22. The summed E-state index contributed by atoms with van der Waals surface area (Å²) in [6, 6.07) is -0.265. The van der Waals surface area contributed by atoms with E-state index in [0.29, 0.717) is 13.2 Å². The average molecular weight is 286 g/mol. The molecule has 6 heteroatoms. The number of rotatable bonds is 5. The fourth-order valence-electron chi connectivity index (χ4n) is 2.44. The van der Waals surface area contributed by atoms with Crippen LogP contribution in [0.5, 0.6) is 0 Å². The van der Waals surface area contributed by atoms with Gasteiger partial charge in [0.25, 0.3) is 0 Å². The molecule has 6 nitrogen and oxygen atoms in total. The summed E-state index contributed by atoms with van der Waals surface area (Å²) in [7, 11) is 0. The first-order valence-corrected chi connectivity index (χ1v) is 7.11. The molecule has 1 aliphatic rings. The lowest BCUT2D eigenvalue weighted by atomic mass is 9.94. The highest BCUT2D eigenvalue weighted by Gasteiger charge is 2.30. The predicted molar refractivity (Wildman–Crippen MR) is 75.6 cm³/mol. The number of aliphatic carboxylic acids is 1. The number of nitrogens with one attached hydrogen (secondary N) is 1. The van der Waals surface area contributed by atoms with E-state index < -0.39 is 5.97 Å². The van der Waals surface area contributed by atoms with Crippen LogP contribution in [0.2, 0.25) is 0 Å². The Morgan fingerprint density at radius 2 is 2.10 bits per heavy atom. The van der Waals surface area contributed by atoms with Crippen LogP contribution in [-0.2, 0) is 9.53 Å². The number of hydrogen-bond donors (Lipinski definition) is 2. The number of carbonyl (C=O) groups excluding carboxylic acids is 1. The lowest BCUT2D eigenvalue weighted by Crippen LogP contribution is -2.51. The molecule has 0 saturated carbocycles. The lowest BCUT2D eigenvalue weighted by Gasteiger charge is -2.36. The number of carbonyl (C=O) groups is 2. The molecule has 1 atom stereocenters. The van der Waals surface area contributed by atoms with Gasteiger partial charge in [-0.1, -0.05) is 13.8 Å². The second-order valence-electron chi connectivity index (χ2n) is 6.42. The van der Waals surface area contributed by atoms with Crippen molar-refractivity contribution in [3.05, 3.63) is 0 Å². The maximum absolute atomic E-state index is 12.2. The Morgan fingerprint density at radius 3 is 2.60 bits per heavy atom. The first-order valence-electron chi connectivity index (χ1n) is 7.11. The van der Waals surface area contributed by atoms with Crippen LogP contribution >= 0.6 is 0 Å². The summed E-state index contributed by atoms with van der Waals surface area (Å²) in [5.41, 5.74) is -0.244. The van der Waals surface area contributed by atoms with Crippen LogP contribution in [0.15, 0.2) is 0 Å². The van der Waals surface area contributed by atoms with Crippen molar-refractivity contribution < 1.29 is 19.4 Å². The van der Waals surface area contributed by atoms with Gasteiger partial charge in [0.1, 0.15) is 6.54 Å². The van der Waals surface area contributed by atoms with Gasteiger partial charge in [0, 0.05) is 19.2 Å². The maximum Gasteiger partial charge on any atom is 0.323 e. The average Bonchev–Trinajstić information content (AvgIpc) is 2.25. The van der Waals surface area contributed by atoms with Gasteiger partial charge in [-0.25, -0.2) is 4.79 Å². The zero-order chi connectivity index (χ0) is 15.3. The Hall–Kier alpha value is -1.30. The first kappa shape index (κ1) is 16.8. The summed E-state index contributed by atoms with van der Waals surface area (Å²) in [6.07, 6.45) is 1.50. The van der Waals surface area contributed by atoms with Crippen molar-refractivity contribution in [2.45, 2.75) is 52.2 Å². The third-order valence-electron chi connectivity index (χ3n) is 3.22. The smallest absolute Gasteiger partial charge is 0.323 e. The van der Waals surface area contributed by atoms with Crippen molar-refractivity contribution in [1.82, 2.24) is 10.2 Å². The van der Waals surface area contributed by atoms with E-state index in [4.69, 9.17) is 9.84 Å². The van der Waals surface area contributed by atoms with E-state index in [-0.39, 0.29) is 30.1 Å². The molecule has 1 fully saturated rings. The van der Waals surface area contributed by atoms with Crippen molar-refractivity contribution in [2.24, 2.45) is 5.92 Å². The molecular weight excluding hydrogens is 260 g/mol. The van der Waals surface area contributed by atoms with E-state index >= 15 is 0 Å². The Balaban J connectivity index is 2.58. The quantitative estimate of drug-likeness (QED) is 0.806. The van der Waals surface area contributed by atoms with E-state index in [0.717, 1.165) is 12.8 Å². The van der Waals surface area contributed by atoms with Crippen LogP contribution in [0, 0.1) is 5.92 Å². The molecule has 0 bridgehead atoms. The minimum atomic E-state index is -0.992. The Morgan fingerprint density at radius 1 is 1.45 bits per heavy atom. The summed E-state index contributed by atoms with van der Waals surface area (Å²) in [5, 5.41) is 11.8. The highest BCUT2D eigenvalue weighted by atomic mass is 16.5. The molecule has 0 radical (unpaired) electrons. The molecule has 2 amide bonds. The largest absolute Gasteiger partial charge is 0.480 e. The predicted octanol–water partition coefficient (Wildman–Crippen LogP) is 1.70. The zero-order valence-corrected chi connectivity index (χ0v) is 12.8. The molecule has 1 unspecified atom stereocenters. The second kappa shape index (κ2) is 6.92. The van der Waals surface area contributed by atoms with Crippen LogP contribution < -0.4 is 5.32 Å². The lowest BCUT2D eigenvalue weighted by molar-refractivity contribution is -0.137. The Bertz CT molecular complexity index is 355.